The lowest BCUT2D eigenvalue weighted by atomic mass is 10.1. The third-order valence-electron chi connectivity index (χ3n) is 5.99. The average molecular weight is 447 g/mol. The van der Waals surface area contributed by atoms with E-state index in [2.05, 4.69) is 15.7 Å². The normalized spacial score (nSPS) is 23.5. The van der Waals surface area contributed by atoms with Gasteiger partial charge in [-0.1, -0.05) is 25.0 Å². The number of nitrogens with zero attached hydrogens (tertiary/aromatic N) is 2. The third kappa shape index (κ3) is 4.95. The first kappa shape index (κ1) is 21.5. The van der Waals surface area contributed by atoms with Crippen LogP contribution in [0.15, 0.2) is 29.4 Å². The van der Waals surface area contributed by atoms with Crippen LogP contribution in [0.2, 0.25) is 0 Å². The zero-order chi connectivity index (χ0) is 22.0. The fourth-order valence-electron chi connectivity index (χ4n) is 4.31. The third-order valence-corrected chi connectivity index (χ3v) is 7.74. The van der Waals surface area contributed by atoms with Crippen LogP contribution in [-0.2, 0) is 19.4 Å². The van der Waals surface area contributed by atoms with Crippen molar-refractivity contribution in [3.8, 4) is 0 Å². The van der Waals surface area contributed by atoms with Gasteiger partial charge in [0.05, 0.1) is 28.8 Å². The number of carbonyl (C=O) groups is 3. The van der Waals surface area contributed by atoms with E-state index in [1.54, 1.807) is 24.3 Å². The van der Waals surface area contributed by atoms with Crippen LogP contribution in [0.5, 0.6) is 0 Å². The van der Waals surface area contributed by atoms with Gasteiger partial charge in [-0.15, -0.1) is 0 Å². The highest BCUT2D eigenvalue weighted by atomic mass is 32.2. The summed E-state index contributed by atoms with van der Waals surface area (Å²) in [6.07, 6.45) is 4.68. The quantitative estimate of drug-likeness (QED) is 0.708. The maximum Gasteiger partial charge on any atom is 0.271 e. The molecule has 2 N–H and O–H groups in total. The molecule has 0 radical (unpaired) electrons. The van der Waals surface area contributed by atoms with Crippen molar-refractivity contribution < 1.29 is 22.8 Å². The molecule has 1 atom stereocenters. The Bertz CT molecular complexity index is 1030. The van der Waals surface area contributed by atoms with E-state index in [0.29, 0.717) is 17.7 Å². The van der Waals surface area contributed by atoms with Crippen molar-refractivity contribution >= 4 is 39.0 Å². The maximum absolute atomic E-state index is 12.9. The van der Waals surface area contributed by atoms with Gasteiger partial charge in [0.1, 0.15) is 5.71 Å². The number of sulfone groups is 1. The molecule has 3 amide bonds. The second-order valence-electron chi connectivity index (χ2n) is 8.30. The number of para-hydroxylation sites is 1. The van der Waals surface area contributed by atoms with Gasteiger partial charge in [0, 0.05) is 18.9 Å². The number of anilines is 1. The van der Waals surface area contributed by atoms with Crippen LogP contribution in [0, 0.1) is 0 Å². The highest BCUT2D eigenvalue weighted by Gasteiger charge is 2.37. The standard InChI is InChI=1S/C21H26N4O5S/c26-19-10-9-18(24-25(19)15-11-12-31(29,30)13-15)21(28)23-17-8-4-3-7-16(17)20(27)22-14-5-1-2-6-14/h3-4,7-8,14-15H,1-2,5-6,9-13H2,(H,22,27)(H,23,28). The van der Waals surface area contributed by atoms with E-state index in [1.807, 2.05) is 0 Å². The summed E-state index contributed by atoms with van der Waals surface area (Å²) in [5.41, 5.74) is 0.890. The molecular weight excluding hydrogens is 420 g/mol. The summed E-state index contributed by atoms with van der Waals surface area (Å²) in [5.74, 6) is -1.14. The molecule has 0 aromatic heterocycles. The molecule has 31 heavy (non-hydrogen) atoms. The number of benzene rings is 1. The minimum absolute atomic E-state index is 0.0159. The molecule has 1 aromatic rings. The number of hydrogen-bond acceptors (Lipinski definition) is 6. The zero-order valence-corrected chi connectivity index (χ0v) is 18.0. The van der Waals surface area contributed by atoms with Gasteiger partial charge in [-0.3, -0.25) is 14.4 Å². The topological polar surface area (TPSA) is 125 Å². The molecule has 1 aliphatic carbocycles. The largest absolute Gasteiger partial charge is 0.349 e. The molecule has 10 heteroatoms. The predicted molar refractivity (Wildman–Crippen MR) is 115 cm³/mol. The first-order chi connectivity index (χ1) is 14.8. The Hall–Kier alpha value is -2.75. The number of carbonyl (C=O) groups excluding carboxylic acids is 3. The Kier molecular flexibility index (Phi) is 6.08. The summed E-state index contributed by atoms with van der Waals surface area (Å²) in [6.45, 7) is 0. The Morgan fingerprint density at radius 1 is 1.03 bits per heavy atom. The molecular formula is C21H26N4O5S. The van der Waals surface area contributed by atoms with Gasteiger partial charge in [0.15, 0.2) is 9.84 Å². The van der Waals surface area contributed by atoms with Crippen molar-refractivity contribution in [3.05, 3.63) is 29.8 Å². The molecule has 2 heterocycles. The van der Waals surface area contributed by atoms with Crippen molar-refractivity contribution in [3.63, 3.8) is 0 Å². The number of amides is 3. The molecule has 1 aromatic carbocycles. The van der Waals surface area contributed by atoms with Gasteiger partial charge < -0.3 is 10.6 Å². The second kappa shape index (κ2) is 8.78. The minimum Gasteiger partial charge on any atom is -0.349 e. The molecule has 0 spiro atoms. The Morgan fingerprint density at radius 3 is 2.48 bits per heavy atom. The lowest BCUT2D eigenvalue weighted by molar-refractivity contribution is -0.133. The molecule has 2 aliphatic heterocycles. The Balaban J connectivity index is 1.48. The average Bonchev–Trinajstić information content (AvgIpc) is 3.37. The number of hydrogen-bond donors (Lipinski definition) is 2. The fraction of sp³-hybridized carbons (Fsp3) is 0.524. The lowest BCUT2D eigenvalue weighted by Crippen LogP contribution is -2.42. The van der Waals surface area contributed by atoms with Gasteiger partial charge in [-0.2, -0.15) is 5.10 Å². The van der Waals surface area contributed by atoms with E-state index in [1.165, 1.54) is 0 Å². The van der Waals surface area contributed by atoms with Crippen LogP contribution in [0.25, 0.3) is 0 Å². The first-order valence-electron chi connectivity index (χ1n) is 10.6. The SMILES string of the molecule is O=C(Nc1ccccc1C(=O)NC1CCCC1)C1=NN(C2CCS(=O)(=O)C2)C(=O)CC1. The van der Waals surface area contributed by atoms with Crippen molar-refractivity contribution in [2.75, 3.05) is 16.8 Å². The Labute approximate surface area is 181 Å². The first-order valence-corrected chi connectivity index (χ1v) is 12.5. The second-order valence-corrected chi connectivity index (χ2v) is 10.5. The lowest BCUT2D eigenvalue weighted by Gasteiger charge is -2.27. The molecule has 9 nitrogen and oxygen atoms in total. The summed E-state index contributed by atoms with van der Waals surface area (Å²) in [6, 6.07) is 6.38. The fourth-order valence-corrected chi connectivity index (χ4v) is 6.00. The molecule has 3 aliphatic rings. The van der Waals surface area contributed by atoms with E-state index < -0.39 is 21.8 Å². The van der Waals surface area contributed by atoms with Crippen molar-refractivity contribution in [2.24, 2.45) is 5.10 Å². The summed E-state index contributed by atoms with van der Waals surface area (Å²) in [5, 5.41) is 11.1. The summed E-state index contributed by atoms with van der Waals surface area (Å²) < 4.78 is 23.5. The van der Waals surface area contributed by atoms with Crippen LogP contribution < -0.4 is 10.6 Å². The highest BCUT2D eigenvalue weighted by Crippen LogP contribution is 2.24. The number of rotatable bonds is 5. The van der Waals surface area contributed by atoms with E-state index in [9.17, 15) is 22.8 Å². The van der Waals surface area contributed by atoms with E-state index >= 15 is 0 Å². The Morgan fingerprint density at radius 2 is 1.77 bits per heavy atom. The van der Waals surface area contributed by atoms with Crippen LogP contribution in [0.1, 0.15) is 55.3 Å². The van der Waals surface area contributed by atoms with E-state index in [-0.39, 0.29) is 47.9 Å². The van der Waals surface area contributed by atoms with Crippen molar-refractivity contribution in [1.29, 1.82) is 0 Å². The molecule has 1 unspecified atom stereocenters. The molecule has 0 bridgehead atoms. The van der Waals surface area contributed by atoms with Crippen molar-refractivity contribution in [2.45, 2.75) is 57.0 Å². The predicted octanol–water partition coefficient (Wildman–Crippen LogP) is 1.46. The summed E-state index contributed by atoms with van der Waals surface area (Å²) in [7, 11) is -3.19. The highest BCUT2D eigenvalue weighted by molar-refractivity contribution is 7.91. The molecule has 1 saturated carbocycles. The minimum atomic E-state index is -3.19. The van der Waals surface area contributed by atoms with Crippen LogP contribution >= 0.6 is 0 Å². The zero-order valence-electron chi connectivity index (χ0n) is 17.2. The number of nitrogens with one attached hydrogen (secondary N) is 2. The molecule has 4 rings (SSSR count). The molecule has 1 saturated heterocycles. The van der Waals surface area contributed by atoms with Gasteiger partial charge in [0.25, 0.3) is 11.8 Å². The molecule has 2 fully saturated rings. The van der Waals surface area contributed by atoms with Gasteiger partial charge in [0.2, 0.25) is 5.91 Å². The van der Waals surface area contributed by atoms with E-state index in [0.717, 1.165) is 30.7 Å². The van der Waals surface area contributed by atoms with E-state index in [4.69, 9.17) is 0 Å². The maximum atomic E-state index is 12.9. The number of hydrazone groups is 1. The van der Waals surface area contributed by atoms with Gasteiger partial charge in [-0.05, 0) is 31.4 Å². The van der Waals surface area contributed by atoms with Gasteiger partial charge in [-0.25, -0.2) is 13.4 Å². The van der Waals surface area contributed by atoms with Gasteiger partial charge >= 0.3 is 0 Å². The summed E-state index contributed by atoms with van der Waals surface area (Å²) >= 11 is 0. The summed E-state index contributed by atoms with van der Waals surface area (Å²) in [4.78, 5) is 37.8. The van der Waals surface area contributed by atoms with Crippen LogP contribution in [0.3, 0.4) is 0 Å². The van der Waals surface area contributed by atoms with Crippen LogP contribution in [-0.4, -0.2) is 60.4 Å². The van der Waals surface area contributed by atoms with Crippen LogP contribution in [0.4, 0.5) is 5.69 Å². The van der Waals surface area contributed by atoms with Crippen molar-refractivity contribution in [1.82, 2.24) is 10.3 Å². The monoisotopic (exact) mass is 446 g/mol. The molecule has 166 valence electrons. The smallest absolute Gasteiger partial charge is 0.271 e.